The molecule has 0 saturated heterocycles. The Bertz CT molecular complexity index is 3710. The summed E-state index contributed by atoms with van der Waals surface area (Å²) < 4.78 is 6.54. The van der Waals surface area contributed by atoms with Gasteiger partial charge in [-0.2, -0.15) is 0 Å². The van der Waals surface area contributed by atoms with Gasteiger partial charge < -0.3 is 9.32 Å². The van der Waals surface area contributed by atoms with E-state index in [1.165, 1.54) is 55.3 Å². The summed E-state index contributed by atoms with van der Waals surface area (Å²) in [6, 6.07) is 93.9. The standard InChI is InChI=1S/C64H43NO/c1-2-18-45(19-3-1)54-25-6-8-27-57(54)59-29-10-11-30-60(59)58-28-9-7-26-55(58)46-37-39-51(40-38-46)65(52-23-14-21-48(42-52)49-36-35-44-17-4-5-20-47(44)41-49)53-24-15-22-50(43-53)56-32-16-33-62-61-31-12-13-34-63(61)66-64(56)62/h1-43H. The van der Waals surface area contributed by atoms with Gasteiger partial charge in [0.25, 0.3) is 0 Å². The normalized spacial score (nSPS) is 11.3. The van der Waals surface area contributed by atoms with Crippen LogP contribution in [-0.2, 0) is 0 Å². The van der Waals surface area contributed by atoms with E-state index >= 15 is 0 Å². The fraction of sp³-hybridized carbons (Fsp3) is 0. The zero-order chi connectivity index (χ0) is 43.8. The van der Waals surface area contributed by atoms with Crippen molar-refractivity contribution in [1.29, 1.82) is 0 Å². The molecule has 66 heavy (non-hydrogen) atoms. The Morgan fingerprint density at radius 3 is 1.39 bits per heavy atom. The first-order valence-corrected chi connectivity index (χ1v) is 22.6. The van der Waals surface area contributed by atoms with Crippen LogP contribution in [0.5, 0.6) is 0 Å². The second kappa shape index (κ2) is 16.8. The van der Waals surface area contributed by atoms with Gasteiger partial charge in [-0.1, -0.05) is 212 Å². The lowest BCUT2D eigenvalue weighted by molar-refractivity contribution is 0.670. The van der Waals surface area contributed by atoms with Crippen LogP contribution in [0.3, 0.4) is 0 Å². The van der Waals surface area contributed by atoms with Gasteiger partial charge in [0.1, 0.15) is 11.2 Å². The lowest BCUT2D eigenvalue weighted by Gasteiger charge is -2.27. The van der Waals surface area contributed by atoms with E-state index in [2.05, 4.69) is 254 Å². The molecule has 0 spiro atoms. The van der Waals surface area contributed by atoms with E-state index < -0.39 is 0 Å². The number of fused-ring (bicyclic) bond motifs is 4. The molecule has 2 heteroatoms. The van der Waals surface area contributed by atoms with Crippen LogP contribution >= 0.6 is 0 Å². The zero-order valence-electron chi connectivity index (χ0n) is 36.2. The lowest BCUT2D eigenvalue weighted by Crippen LogP contribution is -2.10. The van der Waals surface area contributed by atoms with Gasteiger partial charge in [-0.3, -0.25) is 0 Å². The first kappa shape index (κ1) is 38.9. The summed E-state index contributed by atoms with van der Waals surface area (Å²) in [6.07, 6.45) is 0. The Kier molecular flexibility index (Phi) is 9.89. The quantitative estimate of drug-likeness (QED) is 0.144. The van der Waals surface area contributed by atoms with Crippen molar-refractivity contribution in [1.82, 2.24) is 0 Å². The highest BCUT2D eigenvalue weighted by atomic mass is 16.3. The molecule has 1 aromatic heterocycles. The molecule has 310 valence electrons. The maximum atomic E-state index is 6.54. The van der Waals surface area contributed by atoms with Crippen LogP contribution in [0, 0.1) is 0 Å². The maximum Gasteiger partial charge on any atom is 0.143 e. The van der Waals surface area contributed by atoms with Gasteiger partial charge in [0, 0.05) is 33.4 Å². The first-order chi connectivity index (χ1) is 32.7. The number of anilines is 3. The Balaban J connectivity index is 0.972. The summed E-state index contributed by atoms with van der Waals surface area (Å²) in [6.45, 7) is 0. The van der Waals surface area contributed by atoms with Gasteiger partial charge >= 0.3 is 0 Å². The highest BCUT2D eigenvalue weighted by Gasteiger charge is 2.19. The molecule has 12 aromatic rings. The summed E-state index contributed by atoms with van der Waals surface area (Å²) in [5.74, 6) is 0. The molecule has 0 aliphatic heterocycles. The summed E-state index contributed by atoms with van der Waals surface area (Å²) in [7, 11) is 0. The summed E-state index contributed by atoms with van der Waals surface area (Å²) in [4.78, 5) is 2.37. The van der Waals surface area contributed by atoms with Crippen molar-refractivity contribution in [3.05, 3.63) is 261 Å². The van der Waals surface area contributed by atoms with Crippen LogP contribution in [0.4, 0.5) is 17.1 Å². The fourth-order valence-electron chi connectivity index (χ4n) is 9.73. The van der Waals surface area contributed by atoms with Gasteiger partial charge in [0.2, 0.25) is 0 Å². The number of hydrogen-bond acceptors (Lipinski definition) is 2. The monoisotopic (exact) mass is 841 g/mol. The molecule has 11 aromatic carbocycles. The largest absolute Gasteiger partial charge is 0.455 e. The molecule has 1 heterocycles. The molecular formula is C64H43NO. The third-order valence-corrected chi connectivity index (χ3v) is 12.9. The molecule has 0 radical (unpaired) electrons. The van der Waals surface area contributed by atoms with Gasteiger partial charge in [-0.25, -0.2) is 0 Å². The van der Waals surface area contributed by atoms with Crippen LogP contribution in [0.15, 0.2) is 265 Å². The molecule has 0 bridgehead atoms. The maximum absolute atomic E-state index is 6.54. The molecule has 0 fully saturated rings. The number of furan rings is 1. The highest BCUT2D eigenvalue weighted by Crippen LogP contribution is 2.44. The van der Waals surface area contributed by atoms with Crippen molar-refractivity contribution >= 4 is 49.8 Å². The number of para-hydroxylation sites is 2. The number of nitrogens with zero attached hydrogens (tertiary/aromatic N) is 1. The molecule has 12 rings (SSSR count). The molecule has 0 saturated carbocycles. The molecule has 0 unspecified atom stereocenters. The Labute approximate surface area is 384 Å². The Hall–Kier alpha value is -8.72. The molecule has 2 nitrogen and oxygen atoms in total. The first-order valence-electron chi connectivity index (χ1n) is 22.6. The predicted molar refractivity (Wildman–Crippen MR) is 279 cm³/mol. The number of hydrogen-bond donors (Lipinski definition) is 0. The Morgan fingerprint density at radius 1 is 0.242 bits per heavy atom. The van der Waals surface area contributed by atoms with Gasteiger partial charge in [0.05, 0.1) is 0 Å². The van der Waals surface area contributed by atoms with Crippen molar-refractivity contribution in [2.24, 2.45) is 0 Å². The molecule has 0 aliphatic rings. The van der Waals surface area contributed by atoms with E-state index in [0.717, 1.165) is 61.3 Å². The number of benzene rings is 11. The average Bonchev–Trinajstić information content (AvgIpc) is 3.78. The smallest absolute Gasteiger partial charge is 0.143 e. The van der Waals surface area contributed by atoms with Gasteiger partial charge in [0.15, 0.2) is 0 Å². The molecular weight excluding hydrogens is 799 g/mol. The van der Waals surface area contributed by atoms with E-state index in [1.807, 2.05) is 12.1 Å². The summed E-state index contributed by atoms with van der Waals surface area (Å²) in [5, 5.41) is 4.70. The van der Waals surface area contributed by atoms with Crippen LogP contribution in [0.2, 0.25) is 0 Å². The van der Waals surface area contributed by atoms with Crippen LogP contribution in [0.1, 0.15) is 0 Å². The fourth-order valence-corrected chi connectivity index (χ4v) is 9.73. The van der Waals surface area contributed by atoms with E-state index in [9.17, 15) is 0 Å². The minimum Gasteiger partial charge on any atom is -0.455 e. The van der Waals surface area contributed by atoms with Gasteiger partial charge in [-0.05, 0) is 121 Å². The van der Waals surface area contributed by atoms with E-state index in [4.69, 9.17) is 4.42 Å². The summed E-state index contributed by atoms with van der Waals surface area (Å²) >= 11 is 0. The van der Waals surface area contributed by atoms with Gasteiger partial charge in [-0.15, -0.1) is 0 Å². The minimum absolute atomic E-state index is 0.894. The lowest BCUT2D eigenvalue weighted by atomic mass is 9.87. The van der Waals surface area contributed by atoms with Crippen molar-refractivity contribution in [2.45, 2.75) is 0 Å². The molecule has 0 aliphatic carbocycles. The second-order valence-corrected chi connectivity index (χ2v) is 16.8. The highest BCUT2D eigenvalue weighted by molar-refractivity contribution is 6.09. The van der Waals surface area contributed by atoms with Crippen molar-refractivity contribution < 1.29 is 4.42 Å². The minimum atomic E-state index is 0.894. The third kappa shape index (κ3) is 7.12. The number of rotatable bonds is 9. The average molecular weight is 842 g/mol. The SMILES string of the molecule is c1ccc(-c2ccccc2-c2ccccc2-c2ccccc2-c2ccc(N(c3cccc(-c4ccc5ccccc5c4)c3)c3cccc(-c4cccc5c4oc4ccccc45)c3)cc2)cc1. The Morgan fingerprint density at radius 2 is 0.697 bits per heavy atom. The van der Waals surface area contributed by atoms with E-state index in [1.54, 1.807) is 0 Å². The van der Waals surface area contributed by atoms with Crippen LogP contribution < -0.4 is 4.90 Å². The van der Waals surface area contributed by atoms with E-state index in [0.29, 0.717) is 0 Å². The van der Waals surface area contributed by atoms with Crippen molar-refractivity contribution in [2.75, 3.05) is 4.90 Å². The molecule has 0 atom stereocenters. The molecule has 0 N–H and O–H groups in total. The van der Waals surface area contributed by atoms with Crippen LogP contribution in [-0.4, -0.2) is 0 Å². The third-order valence-electron chi connectivity index (χ3n) is 12.9. The van der Waals surface area contributed by atoms with E-state index in [-0.39, 0.29) is 0 Å². The zero-order valence-corrected chi connectivity index (χ0v) is 36.2. The second-order valence-electron chi connectivity index (χ2n) is 16.8. The van der Waals surface area contributed by atoms with Crippen LogP contribution in [0.25, 0.3) is 99.5 Å². The molecule has 0 amide bonds. The predicted octanol–water partition coefficient (Wildman–Crippen LogP) is 18.2. The van der Waals surface area contributed by atoms with Crippen molar-refractivity contribution in [3.8, 4) is 66.8 Å². The topological polar surface area (TPSA) is 16.4 Å². The summed E-state index contributed by atoms with van der Waals surface area (Å²) in [5.41, 5.74) is 19.0. The van der Waals surface area contributed by atoms with Crippen molar-refractivity contribution in [3.63, 3.8) is 0 Å².